The highest BCUT2D eigenvalue weighted by Crippen LogP contribution is 2.38. The van der Waals surface area contributed by atoms with Gasteiger partial charge in [0, 0.05) is 0 Å². The van der Waals surface area contributed by atoms with Crippen LogP contribution in [0.3, 0.4) is 0 Å². The summed E-state index contributed by atoms with van der Waals surface area (Å²) in [4.78, 5) is 0. The predicted octanol–water partition coefficient (Wildman–Crippen LogP) is 8.53. The molecule has 0 aromatic heterocycles. The van der Waals surface area contributed by atoms with Gasteiger partial charge in [0.15, 0.2) is 0 Å². The Kier molecular flexibility index (Phi) is 9.22. The third-order valence-electron chi connectivity index (χ3n) is 7.58. The van der Waals surface area contributed by atoms with Crippen LogP contribution in [0.15, 0.2) is 24.3 Å². The fraction of sp³-hybridized carbons (Fsp3) is 0.778. The molecular formula is C27H44O. The third-order valence-corrected chi connectivity index (χ3v) is 7.58. The molecule has 0 N–H and O–H groups in total. The summed E-state index contributed by atoms with van der Waals surface area (Å²) in [7, 11) is 0. The molecule has 158 valence electrons. The Morgan fingerprint density at radius 2 is 1.36 bits per heavy atom. The van der Waals surface area contributed by atoms with E-state index in [-0.39, 0.29) is 0 Å². The average Bonchev–Trinajstić information content (AvgIpc) is 2.74. The maximum atomic E-state index is 6.03. The van der Waals surface area contributed by atoms with Crippen LogP contribution in [0.4, 0.5) is 0 Å². The average molecular weight is 385 g/mol. The second-order valence-corrected chi connectivity index (χ2v) is 9.90. The minimum Gasteiger partial charge on any atom is -0.494 e. The summed E-state index contributed by atoms with van der Waals surface area (Å²) in [6.45, 7) is 5.60. The van der Waals surface area contributed by atoms with Crippen molar-refractivity contribution in [2.24, 2.45) is 17.8 Å². The molecule has 2 saturated carbocycles. The third kappa shape index (κ3) is 7.12. The molecule has 28 heavy (non-hydrogen) atoms. The lowest BCUT2D eigenvalue weighted by molar-refractivity contribution is 0.245. The van der Waals surface area contributed by atoms with Gasteiger partial charge in [-0.25, -0.2) is 0 Å². The van der Waals surface area contributed by atoms with E-state index in [9.17, 15) is 0 Å². The van der Waals surface area contributed by atoms with E-state index in [0.717, 1.165) is 36.0 Å². The summed E-state index contributed by atoms with van der Waals surface area (Å²) >= 11 is 0. The molecule has 0 unspecified atom stereocenters. The Labute approximate surface area is 174 Å². The van der Waals surface area contributed by atoms with E-state index < -0.39 is 0 Å². The van der Waals surface area contributed by atoms with E-state index in [4.69, 9.17) is 4.74 Å². The molecule has 1 aromatic rings. The molecule has 0 aliphatic heterocycles. The van der Waals surface area contributed by atoms with Crippen molar-refractivity contribution in [3.05, 3.63) is 29.8 Å². The van der Waals surface area contributed by atoms with Gasteiger partial charge in [-0.3, -0.25) is 0 Å². The monoisotopic (exact) mass is 384 g/mol. The van der Waals surface area contributed by atoms with Crippen molar-refractivity contribution in [3.63, 3.8) is 0 Å². The van der Waals surface area contributed by atoms with Gasteiger partial charge in [-0.05, 0) is 79.9 Å². The smallest absolute Gasteiger partial charge is 0.119 e. The summed E-state index contributed by atoms with van der Waals surface area (Å²) in [5.74, 6) is 4.76. The van der Waals surface area contributed by atoms with Gasteiger partial charge in [0.05, 0.1) is 6.61 Å². The van der Waals surface area contributed by atoms with Crippen molar-refractivity contribution in [2.75, 3.05) is 6.61 Å². The molecule has 0 spiro atoms. The molecule has 2 aliphatic rings. The maximum Gasteiger partial charge on any atom is 0.119 e. The van der Waals surface area contributed by atoms with Crippen LogP contribution < -0.4 is 4.74 Å². The molecule has 1 nitrogen and oxygen atoms in total. The predicted molar refractivity (Wildman–Crippen MR) is 121 cm³/mol. The minimum atomic E-state index is 0.783. The summed E-state index contributed by atoms with van der Waals surface area (Å²) < 4.78 is 6.03. The van der Waals surface area contributed by atoms with Crippen LogP contribution in [0.2, 0.25) is 0 Å². The van der Waals surface area contributed by atoms with E-state index >= 15 is 0 Å². The molecule has 0 saturated heterocycles. The van der Waals surface area contributed by atoms with Crippen LogP contribution in [-0.4, -0.2) is 6.61 Å². The number of ether oxygens (including phenoxy) is 1. The van der Waals surface area contributed by atoms with Crippen molar-refractivity contribution in [1.29, 1.82) is 0 Å². The second kappa shape index (κ2) is 11.9. The first kappa shape index (κ1) is 21.7. The first-order valence-electron chi connectivity index (χ1n) is 12.5. The minimum absolute atomic E-state index is 0.783. The molecule has 0 radical (unpaired) electrons. The first-order chi connectivity index (χ1) is 13.7. The quantitative estimate of drug-likeness (QED) is 0.367. The van der Waals surface area contributed by atoms with Gasteiger partial charge in [0.2, 0.25) is 0 Å². The molecule has 0 atom stereocenters. The fourth-order valence-electron chi connectivity index (χ4n) is 5.48. The zero-order chi connectivity index (χ0) is 19.6. The Morgan fingerprint density at radius 3 is 2.00 bits per heavy atom. The lowest BCUT2D eigenvalue weighted by Gasteiger charge is -2.29. The normalized spacial score (nSPS) is 28.2. The van der Waals surface area contributed by atoms with Crippen molar-refractivity contribution in [3.8, 4) is 5.75 Å². The van der Waals surface area contributed by atoms with Crippen LogP contribution in [-0.2, 0) is 0 Å². The summed E-state index contributed by atoms with van der Waals surface area (Å²) in [5, 5.41) is 0. The second-order valence-electron chi connectivity index (χ2n) is 9.90. The van der Waals surface area contributed by atoms with Gasteiger partial charge >= 0.3 is 0 Å². The Morgan fingerprint density at radius 1 is 0.750 bits per heavy atom. The van der Waals surface area contributed by atoms with E-state index in [0.29, 0.717) is 0 Å². The number of hydrogen-bond acceptors (Lipinski definition) is 1. The summed E-state index contributed by atoms with van der Waals surface area (Å²) in [6, 6.07) is 9.09. The summed E-state index contributed by atoms with van der Waals surface area (Å²) in [5.41, 5.74) is 1.54. The van der Waals surface area contributed by atoms with E-state index in [1.807, 2.05) is 0 Å². The molecule has 0 heterocycles. The molecule has 1 heteroatoms. The van der Waals surface area contributed by atoms with Gasteiger partial charge < -0.3 is 4.74 Å². The van der Waals surface area contributed by atoms with Crippen LogP contribution in [0, 0.1) is 17.8 Å². The van der Waals surface area contributed by atoms with Gasteiger partial charge in [0.1, 0.15) is 5.75 Å². The Bertz CT molecular complexity index is 518. The van der Waals surface area contributed by atoms with E-state index in [1.165, 1.54) is 95.5 Å². The van der Waals surface area contributed by atoms with Gasteiger partial charge in [-0.15, -0.1) is 0 Å². The maximum absolute atomic E-state index is 6.03. The van der Waals surface area contributed by atoms with E-state index in [1.54, 1.807) is 0 Å². The first-order valence-corrected chi connectivity index (χ1v) is 12.5. The molecule has 2 fully saturated rings. The van der Waals surface area contributed by atoms with Gasteiger partial charge in [-0.1, -0.05) is 77.3 Å². The topological polar surface area (TPSA) is 9.23 Å². The lowest BCUT2D eigenvalue weighted by atomic mass is 9.77. The van der Waals surface area contributed by atoms with Crippen molar-refractivity contribution in [2.45, 2.75) is 110 Å². The van der Waals surface area contributed by atoms with Crippen LogP contribution in [0.5, 0.6) is 5.75 Å². The molecule has 0 bridgehead atoms. The number of rotatable bonds is 10. The largest absolute Gasteiger partial charge is 0.494 e. The lowest BCUT2D eigenvalue weighted by Crippen LogP contribution is -2.13. The summed E-state index contributed by atoms with van der Waals surface area (Å²) in [6.07, 6.45) is 19.6. The SMILES string of the molecule is CCCCC[C@H]1CC[C@H](c2ccc(OCCC[C@H]3CC[C@H](C)CC3)cc2)CC1. The standard InChI is InChI=1S/C27H44O/c1-3-4-5-7-23-13-15-25(16-14-23)26-17-19-27(20-18-26)28-21-6-8-24-11-9-22(2)10-12-24/h17-20,22-25H,3-16,21H2,1-2H3/t22-,23-,24-,25-. The fourth-order valence-corrected chi connectivity index (χ4v) is 5.48. The number of benzene rings is 1. The number of hydrogen-bond donors (Lipinski definition) is 0. The van der Waals surface area contributed by atoms with Gasteiger partial charge in [-0.2, -0.15) is 0 Å². The van der Waals surface area contributed by atoms with Crippen LogP contribution >= 0.6 is 0 Å². The molecule has 3 rings (SSSR count). The molecule has 1 aromatic carbocycles. The highest BCUT2D eigenvalue weighted by atomic mass is 16.5. The Hall–Kier alpha value is -0.980. The zero-order valence-corrected chi connectivity index (χ0v) is 18.6. The highest BCUT2D eigenvalue weighted by Gasteiger charge is 2.22. The van der Waals surface area contributed by atoms with Crippen molar-refractivity contribution < 1.29 is 4.74 Å². The van der Waals surface area contributed by atoms with Crippen LogP contribution in [0.25, 0.3) is 0 Å². The van der Waals surface area contributed by atoms with Crippen molar-refractivity contribution in [1.82, 2.24) is 0 Å². The number of unbranched alkanes of at least 4 members (excludes halogenated alkanes) is 2. The molecular weight excluding hydrogens is 340 g/mol. The van der Waals surface area contributed by atoms with Crippen LogP contribution in [0.1, 0.15) is 115 Å². The molecule has 2 aliphatic carbocycles. The molecule has 0 amide bonds. The van der Waals surface area contributed by atoms with Gasteiger partial charge in [0.25, 0.3) is 0 Å². The van der Waals surface area contributed by atoms with Crippen molar-refractivity contribution >= 4 is 0 Å². The zero-order valence-electron chi connectivity index (χ0n) is 18.6. The Balaban J connectivity index is 1.31. The van der Waals surface area contributed by atoms with E-state index in [2.05, 4.69) is 38.1 Å². The highest BCUT2D eigenvalue weighted by molar-refractivity contribution is 5.29.